The second-order valence-electron chi connectivity index (χ2n) is 5.87. The Kier molecular flexibility index (Phi) is 4.96. The fraction of sp³-hybridized carbons (Fsp3) is 0.0526. The molecule has 0 atom stereocenters. The molecule has 0 aliphatic heterocycles. The van der Waals surface area contributed by atoms with Crippen LogP contribution in [0.3, 0.4) is 0 Å². The van der Waals surface area contributed by atoms with Crippen LogP contribution in [-0.4, -0.2) is 36.2 Å². The molecular weight excluding hydrogens is 356 g/mol. The fourth-order valence-electron chi connectivity index (χ4n) is 2.53. The smallest absolute Gasteiger partial charge is 0.308 e. The highest BCUT2D eigenvalue weighted by molar-refractivity contribution is 5.98. The predicted molar refractivity (Wildman–Crippen MR) is 104 cm³/mol. The normalized spacial score (nSPS) is 10.4. The number of nitrogens with one attached hydrogen (secondary N) is 3. The Morgan fingerprint density at radius 2 is 1.68 bits per heavy atom. The van der Waals surface area contributed by atoms with Crippen LogP contribution in [0.4, 0.5) is 16.4 Å². The molecule has 0 fully saturated rings. The van der Waals surface area contributed by atoms with Gasteiger partial charge in [-0.15, -0.1) is 0 Å². The van der Waals surface area contributed by atoms with E-state index in [1.165, 1.54) is 0 Å². The molecule has 28 heavy (non-hydrogen) atoms. The van der Waals surface area contributed by atoms with Crippen LogP contribution in [0.15, 0.2) is 67.3 Å². The lowest BCUT2D eigenvalue weighted by Gasteiger charge is -2.07. The van der Waals surface area contributed by atoms with Crippen molar-refractivity contribution in [2.75, 3.05) is 10.6 Å². The van der Waals surface area contributed by atoms with Gasteiger partial charge in [0.25, 0.3) is 0 Å². The van der Waals surface area contributed by atoms with Crippen LogP contribution in [0.2, 0.25) is 0 Å². The van der Waals surface area contributed by atoms with Gasteiger partial charge in [0, 0.05) is 42.5 Å². The van der Waals surface area contributed by atoms with Gasteiger partial charge < -0.3 is 5.32 Å². The first-order valence-corrected chi connectivity index (χ1v) is 8.52. The number of pyridine rings is 1. The molecule has 1 aromatic carbocycles. The zero-order chi connectivity index (χ0) is 19.2. The van der Waals surface area contributed by atoms with Gasteiger partial charge >= 0.3 is 6.03 Å². The molecule has 0 saturated carbocycles. The fourth-order valence-corrected chi connectivity index (χ4v) is 2.53. The highest BCUT2D eigenvalue weighted by Gasteiger charge is 2.07. The van der Waals surface area contributed by atoms with Gasteiger partial charge in [-0.25, -0.2) is 19.7 Å². The minimum absolute atomic E-state index is 0.243. The SMILES string of the molecule is O=C(Nc1ccc(Cc2nc(-c3ccncc3)n[nH]2)cc1)Nc1ncccn1. The molecule has 3 aromatic heterocycles. The van der Waals surface area contributed by atoms with Crippen molar-refractivity contribution in [1.29, 1.82) is 0 Å². The number of aromatic nitrogens is 6. The van der Waals surface area contributed by atoms with Crippen LogP contribution >= 0.6 is 0 Å². The minimum atomic E-state index is -0.406. The monoisotopic (exact) mass is 372 g/mol. The number of benzene rings is 1. The maximum atomic E-state index is 12.0. The predicted octanol–water partition coefficient (Wildman–Crippen LogP) is 2.89. The first-order chi connectivity index (χ1) is 13.8. The van der Waals surface area contributed by atoms with E-state index in [1.807, 2.05) is 36.4 Å². The molecule has 0 radical (unpaired) electrons. The van der Waals surface area contributed by atoms with E-state index in [2.05, 4.69) is 40.8 Å². The minimum Gasteiger partial charge on any atom is -0.308 e. The number of nitrogens with zero attached hydrogens (tertiary/aromatic N) is 5. The molecule has 0 saturated heterocycles. The van der Waals surface area contributed by atoms with E-state index in [0.717, 1.165) is 17.0 Å². The highest BCUT2D eigenvalue weighted by atomic mass is 16.2. The summed E-state index contributed by atoms with van der Waals surface area (Å²) in [6.45, 7) is 0. The van der Waals surface area contributed by atoms with Crippen LogP contribution in [0.1, 0.15) is 11.4 Å². The van der Waals surface area contributed by atoms with E-state index in [0.29, 0.717) is 17.9 Å². The zero-order valence-corrected chi connectivity index (χ0v) is 14.7. The van der Waals surface area contributed by atoms with E-state index in [9.17, 15) is 4.79 Å². The summed E-state index contributed by atoms with van der Waals surface area (Å²) in [6, 6.07) is 12.5. The molecule has 3 heterocycles. The average molecular weight is 372 g/mol. The average Bonchev–Trinajstić information content (AvgIpc) is 3.19. The first kappa shape index (κ1) is 17.3. The molecule has 0 aliphatic rings. The van der Waals surface area contributed by atoms with E-state index in [4.69, 9.17) is 0 Å². The lowest BCUT2D eigenvalue weighted by molar-refractivity contribution is 0.262. The first-order valence-electron chi connectivity index (χ1n) is 8.52. The molecule has 0 aliphatic carbocycles. The van der Waals surface area contributed by atoms with Gasteiger partial charge in [-0.2, -0.15) is 5.10 Å². The number of H-pyrrole nitrogens is 1. The number of amides is 2. The summed E-state index contributed by atoms with van der Waals surface area (Å²) in [5.41, 5.74) is 2.60. The van der Waals surface area contributed by atoms with Crippen molar-refractivity contribution in [1.82, 2.24) is 30.1 Å². The summed E-state index contributed by atoms with van der Waals surface area (Å²) >= 11 is 0. The summed E-state index contributed by atoms with van der Waals surface area (Å²) < 4.78 is 0. The van der Waals surface area contributed by atoms with Gasteiger partial charge in [-0.3, -0.25) is 15.4 Å². The van der Waals surface area contributed by atoms with Crippen LogP contribution in [-0.2, 0) is 6.42 Å². The number of rotatable bonds is 5. The summed E-state index contributed by atoms with van der Waals surface area (Å²) in [4.78, 5) is 28.3. The summed E-state index contributed by atoms with van der Waals surface area (Å²) in [5.74, 6) is 1.63. The van der Waals surface area contributed by atoms with Crippen LogP contribution in [0, 0.1) is 0 Å². The Labute approximate surface area is 160 Å². The standard InChI is InChI=1S/C19H16N8O/c28-19(25-18-21-8-1-9-22-18)23-15-4-2-13(3-5-15)12-16-24-17(27-26-16)14-6-10-20-11-7-14/h1-11H,12H2,(H,24,26,27)(H2,21,22,23,25,28). The molecule has 4 rings (SSSR count). The Hall–Kier alpha value is -4.14. The molecule has 3 N–H and O–H groups in total. The number of urea groups is 1. The maximum Gasteiger partial charge on any atom is 0.326 e. The van der Waals surface area contributed by atoms with Crippen molar-refractivity contribution in [3.63, 3.8) is 0 Å². The van der Waals surface area contributed by atoms with Crippen molar-refractivity contribution in [3.05, 3.63) is 78.6 Å². The van der Waals surface area contributed by atoms with Gasteiger partial charge in [0.05, 0.1) is 0 Å². The zero-order valence-electron chi connectivity index (χ0n) is 14.7. The summed E-state index contributed by atoms with van der Waals surface area (Å²) in [5, 5.41) is 12.5. The quantitative estimate of drug-likeness (QED) is 0.495. The molecule has 4 aromatic rings. The third-order valence-electron chi connectivity index (χ3n) is 3.84. The van der Waals surface area contributed by atoms with E-state index in [1.54, 1.807) is 30.9 Å². The number of anilines is 2. The third kappa shape index (κ3) is 4.33. The molecule has 2 amide bonds. The lowest BCUT2D eigenvalue weighted by atomic mass is 10.1. The van der Waals surface area contributed by atoms with Crippen molar-refractivity contribution in [3.8, 4) is 11.4 Å². The summed E-state index contributed by atoms with van der Waals surface area (Å²) in [6.07, 6.45) is 7.12. The number of carbonyl (C=O) groups excluding carboxylic acids is 1. The largest absolute Gasteiger partial charge is 0.326 e. The van der Waals surface area contributed by atoms with Crippen molar-refractivity contribution < 1.29 is 4.79 Å². The second kappa shape index (κ2) is 8.04. The van der Waals surface area contributed by atoms with Gasteiger partial charge in [-0.1, -0.05) is 12.1 Å². The Balaban J connectivity index is 1.36. The van der Waals surface area contributed by atoms with E-state index in [-0.39, 0.29) is 5.95 Å². The molecule has 0 bridgehead atoms. The summed E-state index contributed by atoms with van der Waals surface area (Å²) in [7, 11) is 0. The topological polar surface area (TPSA) is 121 Å². The van der Waals surface area contributed by atoms with Crippen molar-refractivity contribution >= 4 is 17.7 Å². The van der Waals surface area contributed by atoms with Gasteiger partial charge in [-0.05, 0) is 35.9 Å². The van der Waals surface area contributed by atoms with E-state index >= 15 is 0 Å². The Morgan fingerprint density at radius 3 is 2.43 bits per heavy atom. The van der Waals surface area contributed by atoms with Crippen LogP contribution in [0.5, 0.6) is 0 Å². The van der Waals surface area contributed by atoms with Crippen LogP contribution < -0.4 is 10.6 Å². The maximum absolute atomic E-state index is 12.0. The van der Waals surface area contributed by atoms with Gasteiger partial charge in [0.1, 0.15) is 5.82 Å². The number of carbonyl (C=O) groups is 1. The Bertz CT molecular complexity index is 1050. The second-order valence-corrected chi connectivity index (χ2v) is 5.87. The molecule has 9 nitrogen and oxygen atoms in total. The number of hydrogen-bond donors (Lipinski definition) is 3. The third-order valence-corrected chi connectivity index (χ3v) is 3.84. The van der Waals surface area contributed by atoms with Crippen molar-refractivity contribution in [2.45, 2.75) is 6.42 Å². The van der Waals surface area contributed by atoms with Crippen molar-refractivity contribution in [2.24, 2.45) is 0 Å². The Morgan fingerprint density at radius 1 is 0.929 bits per heavy atom. The molecule has 9 heteroatoms. The lowest BCUT2D eigenvalue weighted by Crippen LogP contribution is -2.20. The van der Waals surface area contributed by atoms with E-state index < -0.39 is 6.03 Å². The van der Waals surface area contributed by atoms with Gasteiger partial charge in [0.2, 0.25) is 5.95 Å². The van der Waals surface area contributed by atoms with Crippen LogP contribution in [0.25, 0.3) is 11.4 Å². The molecule has 0 spiro atoms. The molecular formula is C19H16N8O. The van der Waals surface area contributed by atoms with Gasteiger partial charge in [0.15, 0.2) is 5.82 Å². The molecule has 138 valence electrons. The number of aromatic amines is 1. The highest BCUT2D eigenvalue weighted by Crippen LogP contribution is 2.16. The number of hydrogen-bond acceptors (Lipinski definition) is 6. The molecule has 0 unspecified atom stereocenters.